The van der Waals surface area contributed by atoms with E-state index in [4.69, 9.17) is 4.74 Å². The van der Waals surface area contributed by atoms with Gasteiger partial charge in [-0.3, -0.25) is 19.9 Å². The second-order valence-corrected chi connectivity index (χ2v) is 5.06. The number of rotatable bonds is 7. The van der Waals surface area contributed by atoms with Gasteiger partial charge in [0.05, 0.1) is 12.0 Å². The quantitative estimate of drug-likeness (QED) is 0.573. The van der Waals surface area contributed by atoms with Gasteiger partial charge in [-0.2, -0.15) is 0 Å². The molecule has 1 amide bonds. The van der Waals surface area contributed by atoms with E-state index in [0.717, 1.165) is 0 Å². The van der Waals surface area contributed by atoms with Gasteiger partial charge < -0.3 is 15.2 Å². The highest BCUT2D eigenvalue weighted by molar-refractivity contribution is 5.96. The molecule has 1 aromatic carbocycles. The number of hydrogen-bond donors (Lipinski definition) is 2. The third kappa shape index (κ3) is 4.50. The van der Waals surface area contributed by atoms with E-state index < -0.39 is 22.8 Å². The normalized spacial score (nSPS) is 11.4. The minimum Gasteiger partial charge on any atom is -0.496 e. The molecule has 0 bridgehead atoms. The van der Waals surface area contributed by atoms with Crippen molar-refractivity contribution in [3.8, 4) is 5.75 Å². The molecule has 1 heterocycles. The van der Waals surface area contributed by atoms with Crippen molar-refractivity contribution < 1.29 is 24.4 Å². The summed E-state index contributed by atoms with van der Waals surface area (Å²) in [6, 6.07) is 5.49. The van der Waals surface area contributed by atoms with Crippen LogP contribution in [0.1, 0.15) is 15.9 Å². The monoisotopic (exact) mass is 345 g/mol. The lowest BCUT2D eigenvalue weighted by atomic mass is 10.0. The molecular weight excluding hydrogens is 330 g/mol. The number of pyridine rings is 1. The molecule has 2 aromatic rings. The molecule has 2 N–H and O–H groups in total. The first kappa shape index (κ1) is 17.9. The van der Waals surface area contributed by atoms with E-state index in [9.17, 15) is 24.8 Å². The van der Waals surface area contributed by atoms with E-state index in [0.29, 0.717) is 11.3 Å². The smallest absolute Gasteiger partial charge is 0.326 e. The number of aromatic nitrogens is 1. The lowest BCUT2D eigenvalue weighted by molar-refractivity contribution is -0.384. The Morgan fingerprint density at radius 3 is 2.56 bits per heavy atom. The topological polar surface area (TPSA) is 132 Å². The second kappa shape index (κ2) is 7.86. The predicted octanol–water partition coefficient (Wildman–Crippen LogP) is 1.42. The Morgan fingerprint density at radius 2 is 2.00 bits per heavy atom. The van der Waals surface area contributed by atoms with Gasteiger partial charge in [0.15, 0.2) is 0 Å². The van der Waals surface area contributed by atoms with Crippen molar-refractivity contribution in [1.29, 1.82) is 0 Å². The highest BCUT2D eigenvalue weighted by Crippen LogP contribution is 2.25. The number of methoxy groups -OCH3 is 1. The summed E-state index contributed by atoms with van der Waals surface area (Å²) in [6.45, 7) is 0. The van der Waals surface area contributed by atoms with E-state index in [-0.39, 0.29) is 17.7 Å². The highest BCUT2D eigenvalue weighted by atomic mass is 16.6. The Bertz CT molecular complexity index is 794. The first-order valence-electron chi connectivity index (χ1n) is 7.17. The number of benzene rings is 1. The van der Waals surface area contributed by atoms with Crippen molar-refractivity contribution in [2.24, 2.45) is 0 Å². The number of nitro groups is 1. The maximum atomic E-state index is 12.1. The number of non-ortho nitro benzene ring substituents is 1. The average Bonchev–Trinajstić information content (AvgIpc) is 2.61. The minimum absolute atomic E-state index is 0.170. The number of carboxylic acid groups (broad SMARTS) is 1. The molecule has 9 heteroatoms. The number of hydrogen-bond acceptors (Lipinski definition) is 6. The summed E-state index contributed by atoms with van der Waals surface area (Å²) < 4.78 is 5.11. The molecule has 1 aromatic heterocycles. The van der Waals surface area contributed by atoms with Gasteiger partial charge in [0.25, 0.3) is 11.6 Å². The summed E-state index contributed by atoms with van der Waals surface area (Å²) in [5, 5.41) is 22.7. The predicted molar refractivity (Wildman–Crippen MR) is 86.5 cm³/mol. The fourth-order valence-electron chi connectivity index (χ4n) is 2.20. The van der Waals surface area contributed by atoms with Gasteiger partial charge in [-0.15, -0.1) is 0 Å². The highest BCUT2D eigenvalue weighted by Gasteiger charge is 2.24. The SMILES string of the molecule is COc1ccc([N+](=O)[O-])cc1C[C@@H](NC(=O)c1ccncc1)C(=O)O. The van der Waals surface area contributed by atoms with E-state index in [1.807, 2.05) is 0 Å². The lowest BCUT2D eigenvalue weighted by Gasteiger charge is -2.16. The number of aliphatic carboxylic acids is 1. The molecule has 0 aliphatic rings. The Labute approximate surface area is 142 Å². The molecule has 0 radical (unpaired) electrons. The van der Waals surface area contributed by atoms with Crippen LogP contribution in [0.15, 0.2) is 42.7 Å². The summed E-state index contributed by atoms with van der Waals surface area (Å²) in [4.78, 5) is 37.7. The Kier molecular flexibility index (Phi) is 5.62. The largest absolute Gasteiger partial charge is 0.496 e. The molecule has 1 atom stereocenters. The summed E-state index contributed by atoms with van der Waals surface area (Å²) in [6.07, 6.45) is 2.65. The van der Waals surface area contributed by atoms with Crippen LogP contribution in [-0.2, 0) is 11.2 Å². The van der Waals surface area contributed by atoms with Gasteiger partial charge in [0, 0.05) is 42.1 Å². The van der Waals surface area contributed by atoms with E-state index >= 15 is 0 Å². The third-order valence-corrected chi connectivity index (χ3v) is 3.44. The number of nitrogens with one attached hydrogen (secondary N) is 1. The maximum Gasteiger partial charge on any atom is 0.326 e. The first-order valence-corrected chi connectivity index (χ1v) is 7.17. The molecule has 0 unspecified atom stereocenters. The fourth-order valence-corrected chi connectivity index (χ4v) is 2.20. The second-order valence-electron chi connectivity index (χ2n) is 5.06. The third-order valence-electron chi connectivity index (χ3n) is 3.44. The molecule has 0 saturated carbocycles. The molecule has 25 heavy (non-hydrogen) atoms. The maximum absolute atomic E-state index is 12.1. The Morgan fingerprint density at radius 1 is 1.32 bits per heavy atom. The van der Waals surface area contributed by atoms with E-state index in [2.05, 4.69) is 10.3 Å². The van der Waals surface area contributed by atoms with Crippen LogP contribution in [0.25, 0.3) is 0 Å². The van der Waals surface area contributed by atoms with Gasteiger partial charge in [-0.1, -0.05) is 0 Å². The van der Waals surface area contributed by atoms with Crippen molar-refractivity contribution in [3.63, 3.8) is 0 Å². The number of carbonyl (C=O) groups excluding carboxylic acids is 1. The van der Waals surface area contributed by atoms with Crippen LogP contribution in [-0.4, -0.2) is 40.0 Å². The number of carbonyl (C=O) groups is 2. The summed E-state index contributed by atoms with van der Waals surface area (Å²) in [7, 11) is 1.37. The number of nitrogens with zero attached hydrogens (tertiary/aromatic N) is 2. The van der Waals surface area contributed by atoms with Gasteiger partial charge in [0.1, 0.15) is 11.8 Å². The molecule has 0 aliphatic heterocycles. The molecule has 9 nitrogen and oxygen atoms in total. The van der Waals surface area contributed by atoms with Crippen molar-refractivity contribution in [2.45, 2.75) is 12.5 Å². The summed E-state index contributed by atoms with van der Waals surface area (Å²) in [5.74, 6) is -1.55. The van der Waals surface area contributed by atoms with Crippen molar-refractivity contribution in [1.82, 2.24) is 10.3 Å². The number of carboxylic acids is 1. The molecule has 0 saturated heterocycles. The van der Waals surface area contributed by atoms with Crippen LogP contribution in [0.3, 0.4) is 0 Å². The molecular formula is C16H15N3O6. The van der Waals surface area contributed by atoms with E-state index in [1.54, 1.807) is 0 Å². The fraction of sp³-hybridized carbons (Fsp3) is 0.188. The summed E-state index contributed by atoms with van der Waals surface area (Å²) in [5.41, 5.74) is 0.367. The number of nitro benzene ring substituents is 1. The molecule has 2 rings (SSSR count). The van der Waals surface area contributed by atoms with Gasteiger partial charge in [-0.05, 0) is 18.2 Å². The number of ether oxygens (including phenoxy) is 1. The van der Waals surface area contributed by atoms with Gasteiger partial charge >= 0.3 is 5.97 Å². The van der Waals surface area contributed by atoms with Crippen LogP contribution in [0.5, 0.6) is 5.75 Å². The van der Waals surface area contributed by atoms with Crippen molar-refractivity contribution >= 4 is 17.6 Å². The molecule has 0 aliphatic carbocycles. The van der Waals surface area contributed by atoms with Crippen LogP contribution in [0.2, 0.25) is 0 Å². The zero-order chi connectivity index (χ0) is 18.4. The summed E-state index contributed by atoms with van der Waals surface area (Å²) >= 11 is 0. The van der Waals surface area contributed by atoms with Crippen LogP contribution < -0.4 is 10.1 Å². The van der Waals surface area contributed by atoms with Crippen molar-refractivity contribution in [3.05, 3.63) is 64.0 Å². The minimum atomic E-state index is -1.28. The van der Waals surface area contributed by atoms with Crippen molar-refractivity contribution in [2.75, 3.05) is 7.11 Å². The zero-order valence-electron chi connectivity index (χ0n) is 13.2. The van der Waals surface area contributed by atoms with Gasteiger partial charge in [-0.25, -0.2) is 4.79 Å². The van der Waals surface area contributed by atoms with Crippen LogP contribution in [0.4, 0.5) is 5.69 Å². The first-order chi connectivity index (χ1) is 11.9. The average molecular weight is 345 g/mol. The van der Waals surface area contributed by atoms with Gasteiger partial charge in [0.2, 0.25) is 0 Å². The zero-order valence-corrected chi connectivity index (χ0v) is 13.2. The molecule has 130 valence electrons. The standard InChI is InChI=1S/C16H15N3O6/c1-25-14-3-2-12(19(23)24)8-11(14)9-13(16(21)22)18-15(20)10-4-6-17-7-5-10/h2-8,13H,9H2,1H3,(H,18,20)(H,21,22)/t13-/m1/s1. The lowest BCUT2D eigenvalue weighted by Crippen LogP contribution is -2.42. The van der Waals surface area contributed by atoms with Crippen LogP contribution >= 0.6 is 0 Å². The van der Waals surface area contributed by atoms with E-state index in [1.165, 1.54) is 49.8 Å². The Hall–Kier alpha value is -3.49. The Balaban J connectivity index is 2.24. The number of amides is 1. The molecule has 0 spiro atoms. The molecule has 0 fully saturated rings. The van der Waals surface area contributed by atoms with Crippen LogP contribution in [0, 0.1) is 10.1 Å².